The van der Waals surface area contributed by atoms with Gasteiger partial charge in [0.25, 0.3) is 5.91 Å². The van der Waals surface area contributed by atoms with E-state index >= 15 is 0 Å². The number of fused-ring (bicyclic) bond motifs is 1. The number of hydrogen-bond acceptors (Lipinski definition) is 4. The number of amides is 2. The second-order valence-corrected chi connectivity index (χ2v) is 6.30. The van der Waals surface area contributed by atoms with Crippen molar-refractivity contribution in [2.24, 2.45) is 5.92 Å². The fourth-order valence-corrected chi connectivity index (χ4v) is 3.09. The number of carbonyl (C=O) groups excluding carboxylic acids is 2. The lowest BCUT2D eigenvalue weighted by molar-refractivity contribution is -0.128. The van der Waals surface area contributed by atoms with Crippen LogP contribution in [-0.2, 0) is 4.79 Å². The van der Waals surface area contributed by atoms with Gasteiger partial charge >= 0.3 is 0 Å². The average Bonchev–Trinajstić information content (AvgIpc) is 3.35. The molecule has 23 heavy (non-hydrogen) atoms. The largest absolute Gasteiger partial charge is 0.350 e. The summed E-state index contributed by atoms with van der Waals surface area (Å²) in [5, 5.41) is 3.81. The molecule has 6 heteroatoms. The summed E-state index contributed by atoms with van der Waals surface area (Å²) in [5.74, 6) is 0.209. The lowest BCUT2D eigenvalue weighted by atomic mass is 10.1. The highest BCUT2D eigenvalue weighted by Gasteiger charge is 2.39. The lowest BCUT2D eigenvalue weighted by Gasteiger charge is -2.15. The molecule has 2 aromatic rings. The summed E-state index contributed by atoms with van der Waals surface area (Å²) in [6.45, 7) is 1.27. The number of likely N-dealkylation sites (tertiary alicyclic amines) is 1. The van der Waals surface area contributed by atoms with Crippen LogP contribution in [0, 0.1) is 5.92 Å². The van der Waals surface area contributed by atoms with Crippen LogP contribution in [0.25, 0.3) is 11.0 Å². The fourth-order valence-electron chi connectivity index (χ4n) is 3.09. The minimum atomic E-state index is -0.213. The van der Waals surface area contributed by atoms with E-state index in [-0.39, 0.29) is 17.7 Å². The van der Waals surface area contributed by atoms with Crippen LogP contribution in [0.3, 0.4) is 0 Å². The quantitative estimate of drug-likeness (QED) is 0.925. The first-order valence-electron chi connectivity index (χ1n) is 8.00. The molecule has 0 radical (unpaired) electrons. The van der Waals surface area contributed by atoms with E-state index in [1.54, 1.807) is 12.3 Å². The summed E-state index contributed by atoms with van der Waals surface area (Å²) in [6.07, 6.45) is 4.44. The Morgan fingerprint density at radius 2 is 2.17 bits per heavy atom. The average molecular weight is 310 g/mol. The maximum absolute atomic E-state index is 12.3. The number of pyridine rings is 2. The van der Waals surface area contributed by atoms with Gasteiger partial charge in [0.15, 0.2) is 5.65 Å². The van der Waals surface area contributed by atoms with E-state index in [9.17, 15) is 9.59 Å². The van der Waals surface area contributed by atoms with Crippen molar-refractivity contribution < 1.29 is 9.59 Å². The van der Waals surface area contributed by atoms with Crippen LogP contribution in [-0.4, -0.2) is 45.8 Å². The Bertz CT molecular complexity index is 772. The molecule has 0 bridgehead atoms. The number of aromatic nitrogens is 2. The van der Waals surface area contributed by atoms with Crippen molar-refractivity contribution in [3.63, 3.8) is 0 Å². The van der Waals surface area contributed by atoms with Gasteiger partial charge in [-0.25, -0.2) is 9.97 Å². The van der Waals surface area contributed by atoms with Crippen molar-refractivity contribution in [3.05, 3.63) is 36.2 Å². The second kappa shape index (κ2) is 5.61. The van der Waals surface area contributed by atoms with Gasteiger partial charge in [0, 0.05) is 43.1 Å². The molecule has 1 unspecified atom stereocenters. The first-order valence-corrected chi connectivity index (χ1v) is 8.00. The first kappa shape index (κ1) is 14.1. The molecule has 118 valence electrons. The van der Waals surface area contributed by atoms with Crippen molar-refractivity contribution >= 4 is 22.8 Å². The Hall–Kier alpha value is -2.50. The fraction of sp³-hybridized carbons (Fsp3) is 0.412. The minimum Gasteiger partial charge on any atom is -0.350 e. The Labute approximate surface area is 133 Å². The summed E-state index contributed by atoms with van der Waals surface area (Å²) in [6, 6.07) is 7.75. The van der Waals surface area contributed by atoms with E-state index < -0.39 is 0 Å². The van der Waals surface area contributed by atoms with Crippen molar-refractivity contribution in [2.75, 3.05) is 13.1 Å². The van der Waals surface area contributed by atoms with Crippen LogP contribution in [0.15, 0.2) is 30.5 Å². The topological polar surface area (TPSA) is 75.2 Å². The van der Waals surface area contributed by atoms with Gasteiger partial charge in [-0.2, -0.15) is 0 Å². The van der Waals surface area contributed by atoms with Crippen molar-refractivity contribution in [3.8, 4) is 0 Å². The highest BCUT2D eigenvalue weighted by molar-refractivity contribution is 5.94. The Balaban J connectivity index is 1.38. The minimum absolute atomic E-state index is 0.200. The molecule has 2 aromatic heterocycles. The summed E-state index contributed by atoms with van der Waals surface area (Å²) < 4.78 is 0. The number of hydrogen-bond donors (Lipinski definition) is 1. The maximum Gasteiger partial charge on any atom is 0.269 e. The van der Waals surface area contributed by atoms with E-state index in [4.69, 9.17) is 0 Å². The van der Waals surface area contributed by atoms with E-state index in [2.05, 4.69) is 15.3 Å². The highest BCUT2D eigenvalue weighted by atomic mass is 16.2. The van der Waals surface area contributed by atoms with Crippen LogP contribution >= 0.6 is 0 Å². The molecule has 6 nitrogen and oxygen atoms in total. The second-order valence-electron chi connectivity index (χ2n) is 6.30. The van der Waals surface area contributed by atoms with E-state index in [1.165, 1.54) is 0 Å². The Kier molecular flexibility index (Phi) is 3.44. The van der Waals surface area contributed by atoms with Gasteiger partial charge in [0.2, 0.25) is 5.91 Å². The molecule has 1 aliphatic heterocycles. The molecule has 2 fully saturated rings. The zero-order valence-electron chi connectivity index (χ0n) is 12.7. The maximum atomic E-state index is 12.3. The first-order chi connectivity index (χ1) is 11.2. The molecule has 2 aliphatic rings. The summed E-state index contributed by atoms with van der Waals surface area (Å²) in [4.78, 5) is 34.6. The predicted octanol–water partition coefficient (Wildman–Crippen LogP) is 1.37. The molecule has 3 heterocycles. The monoisotopic (exact) mass is 310 g/mol. The van der Waals surface area contributed by atoms with Gasteiger partial charge in [0.05, 0.1) is 0 Å². The Morgan fingerprint density at radius 1 is 1.30 bits per heavy atom. The van der Waals surface area contributed by atoms with Crippen LogP contribution in [0.2, 0.25) is 0 Å². The van der Waals surface area contributed by atoms with Gasteiger partial charge in [-0.3, -0.25) is 9.59 Å². The number of nitrogens with one attached hydrogen (secondary N) is 1. The SMILES string of the molecule is O=C(NCC1CC(=O)N(C2CC2)C1)c1ccc2cccnc2n1. The van der Waals surface area contributed by atoms with Crippen molar-refractivity contribution in [2.45, 2.75) is 25.3 Å². The predicted molar refractivity (Wildman–Crippen MR) is 84.7 cm³/mol. The number of nitrogens with zero attached hydrogens (tertiary/aromatic N) is 3. The molecule has 1 aliphatic carbocycles. The zero-order chi connectivity index (χ0) is 15.8. The normalized spacial score (nSPS) is 21.0. The molecule has 4 rings (SSSR count). The smallest absolute Gasteiger partial charge is 0.269 e. The molecule has 1 saturated carbocycles. The zero-order valence-corrected chi connectivity index (χ0v) is 12.7. The van der Waals surface area contributed by atoms with Crippen LogP contribution in [0.5, 0.6) is 0 Å². The highest BCUT2D eigenvalue weighted by Crippen LogP contribution is 2.32. The van der Waals surface area contributed by atoms with Gasteiger partial charge in [0.1, 0.15) is 5.69 Å². The number of carbonyl (C=O) groups is 2. The van der Waals surface area contributed by atoms with Crippen LogP contribution < -0.4 is 5.32 Å². The third-order valence-corrected chi connectivity index (χ3v) is 4.47. The molecular weight excluding hydrogens is 292 g/mol. The van der Waals surface area contributed by atoms with E-state index in [1.807, 2.05) is 23.1 Å². The molecule has 2 amide bonds. The summed E-state index contributed by atoms with van der Waals surface area (Å²) >= 11 is 0. The van der Waals surface area contributed by atoms with Gasteiger partial charge in [-0.15, -0.1) is 0 Å². The van der Waals surface area contributed by atoms with Crippen LogP contribution in [0.1, 0.15) is 29.8 Å². The lowest BCUT2D eigenvalue weighted by Crippen LogP contribution is -2.32. The Morgan fingerprint density at radius 3 is 3.00 bits per heavy atom. The summed E-state index contributed by atoms with van der Waals surface area (Å²) in [5.41, 5.74) is 0.927. The van der Waals surface area contributed by atoms with Gasteiger partial charge in [-0.1, -0.05) is 0 Å². The van der Waals surface area contributed by atoms with Crippen LogP contribution in [0.4, 0.5) is 0 Å². The standard InChI is InChI=1S/C17H18N4O2/c22-15-8-11(10-21(15)13-4-5-13)9-19-17(23)14-6-3-12-2-1-7-18-16(12)20-14/h1-3,6-7,11,13H,4-5,8-10H2,(H,19,23). The molecular formula is C17H18N4O2. The number of rotatable bonds is 4. The van der Waals surface area contributed by atoms with Crippen molar-refractivity contribution in [1.82, 2.24) is 20.2 Å². The van der Waals surface area contributed by atoms with E-state index in [0.717, 1.165) is 24.8 Å². The summed E-state index contributed by atoms with van der Waals surface area (Å²) in [7, 11) is 0. The molecule has 0 aromatic carbocycles. The molecule has 1 atom stereocenters. The van der Waals surface area contributed by atoms with Crippen molar-refractivity contribution in [1.29, 1.82) is 0 Å². The third kappa shape index (κ3) is 2.88. The molecule has 0 spiro atoms. The van der Waals surface area contributed by atoms with Gasteiger partial charge < -0.3 is 10.2 Å². The van der Waals surface area contributed by atoms with Gasteiger partial charge in [-0.05, 0) is 37.1 Å². The molecule has 1 N–H and O–H groups in total. The third-order valence-electron chi connectivity index (χ3n) is 4.47. The van der Waals surface area contributed by atoms with E-state index in [0.29, 0.717) is 30.3 Å². The molecule has 1 saturated heterocycles.